The molecule has 0 radical (unpaired) electrons. The smallest absolute Gasteiger partial charge is 0.180 e. The molecule has 1 aromatic carbocycles. The Morgan fingerprint density at radius 1 is 1.33 bits per heavy atom. The highest BCUT2D eigenvalue weighted by Gasteiger charge is 2.39. The molecule has 0 unspecified atom stereocenters. The van der Waals surface area contributed by atoms with E-state index in [0.717, 1.165) is 0 Å². The second kappa shape index (κ2) is 3.31. The van der Waals surface area contributed by atoms with Crippen LogP contribution in [0, 0.1) is 5.92 Å². The van der Waals surface area contributed by atoms with Gasteiger partial charge < -0.3 is 5.84 Å². The maximum atomic E-state index is 11.9. The van der Waals surface area contributed by atoms with Crippen molar-refractivity contribution in [1.82, 2.24) is 0 Å². The summed E-state index contributed by atoms with van der Waals surface area (Å²) >= 11 is 0. The minimum absolute atomic E-state index is 0.206. The Labute approximate surface area is 86.8 Å². The first-order valence-corrected chi connectivity index (χ1v) is 4.58. The molecule has 0 saturated heterocycles. The molecule has 0 amide bonds. The Morgan fingerprint density at radius 3 is 2.47 bits per heavy atom. The second-order valence-corrected chi connectivity index (χ2v) is 3.47. The van der Waals surface area contributed by atoms with Crippen molar-refractivity contribution in [2.45, 2.75) is 6.92 Å². The van der Waals surface area contributed by atoms with Crippen LogP contribution in [0.5, 0.6) is 0 Å². The second-order valence-electron chi connectivity index (χ2n) is 3.47. The fourth-order valence-corrected chi connectivity index (χ4v) is 1.88. The lowest BCUT2D eigenvalue weighted by Crippen LogP contribution is -2.24. The number of carbonyl (C=O) groups excluding carboxylic acids is 2. The predicted octanol–water partition coefficient (Wildman–Crippen LogP) is 0.751. The largest absolute Gasteiger partial charge is 0.323 e. The van der Waals surface area contributed by atoms with Gasteiger partial charge in [0, 0.05) is 11.1 Å². The van der Waals surface area contributed by atoms with Gasteiger partial charge in [-0.2, -0.15) is 5.10 Å². The molecule has 15 heavy (non-hydrogen) atoms. The number of Topliss-reactive ketones (excluding diaryl/α,β-unsaturated/α-hetero) is 2. The summed E-state index contributed by atoms with van der Waals surface area (Å²) in [6, 6.07) is 6.99. The van der Waals surface area contributed by atoms with E-state index in [1.807, 2.05) is 0 Å². The van der Waals surface area contributed by atoms with Crippen molar-refractivity contribution in [2.24, 2.45) is 16.9 Å². The van der Waals surface area contributed by atoms with Crippen molar-refractivity contribution in [3.8, 4) is 0 Å². The normalized spacial score (nSPS) is 21.8. The number of benzene rings is 1. The maximum absolute atomic E-state index is 11.9. The number of rotatable bonds is 1. The Hall–Kier alpha value is -1.97. The zero-order chi connectivity index (χ0) is 11.0. The minimum Gasteiger partial charge on any atom is -0.323 e. The molecule has 0 bridgehead atoms. The number of hydrogen-bond donors (Lipinski definition) is 1. The molecule has 0 fully saturated rings. The molecule has 2 rings (SSSR count). The Balaban J connectivity index is 2.64. The number of nitrogens with zero attached hydrogens (tertiary/aromatic N) is 1. The van der Waals surface area contributed by atoms with Gasteiger partial charge in [-0.05, 0) is 6.92 Å². The third-order valence-corrected chi connectivity index (χ3v) is 2.55. The van der Waals surface area contributed by atoms with E-state index in [-0.39, 0.29) is 11.6 Å². The molecule has 0 aromatic heterocycles. The molecule has 4 heteroatoms. The van der Waals surface area contributed by atoms with Crippen molar-refractivity contribution in [2.75, 3.05) is 0 Å². The summed E-state index contributed by atoms with van der Waals surface area (Å²) in [6.07, 6.45) is 0. The molecular weight excluding hydrogens is 192 g/mol. The van der Waals surface area contributed by atoms with E-state index >= 15 is 0 Å². The van der Waals surface area contributed by atoms with Gasteiger partial charge >= 0.3 is 0 Å². The third-order valence-electron chi connectivity index (χ3n) is 2.55. The summed E-state index contributed by atoms with van der Waals surface area (Å²) in [5, 5.41) is 3.56. The molecule has 1 aromatic rings. The van der Waals surface area contributed by atoms with Crippen LogP contribution < -0.4 is 5.84 Å². The van der Waals surface area contributed by atoms with Crippen molar-refractivity contribution < 1.29 is 9.59 Å². The lowest BCUT2D eigenvalue weighted by atomic mass is 9.99. The molecule has 1 atom stereocenters. The van der Waals surface area contributed by atoms with E-state index in [9.17, 15) is 9.59 Å². The Morgan fingerprint density at radius 2 is 1.93 bits per heavy atom. The molecule has 4 nitrogen and oxygen atoms in total. The summed E-state index contributed by atoms with van der Waals surface area (Å²) in [4.78, 5) is 23.2. The third kappa shape index (κ3) is 1.26. The van der Waals surface area contributed by atoms with Crippen LogP contribution >= 0.6 is 0 Å². The van der Waals surface area contributed by atoms with E-state index in [4.69, 9.17) is 5.84 Å². The van der Waals surface area contributed by atoms with E-state index in [1.54, 1.807) is 24.3 Å². The van der Waals surface area contributed by atoms with Gasteiger partial charge in [-0.25, -0.2) is 0 Å². The summed E-state index contributed by atoms with van der Waals surface area (Å²) in [7, 11) is 0. The first-order valence-electron chi connectivity index (χ1n) is 4.58. The topological polar surface area (TPSA) is 72.5 Å². The number of ketones is 2. The standard InChI is InChI=1S/C11H10N2O2/c1-6(14)9-10(13-12)7-4-2-3-5-8(7)11(9)15/h2-5,9H,12H2,1H3/b13-10+/t9-/m0/s1. The van der Waals surface area contributed by atoms with Gasteiger partial charge in [-0.15, -0.1) is 0 Å². The molecule has 76 valence electrons. The molecule has 0 spiro atoms. The molecule has 0 aliphatic heterocycles. The van der Waals surface area contributed by atoms with Crippen LogP contribution in [0.25, 0.3) is 0 Å². The number of hydrazone groups is 1. The van der Waals surface area contributed by atoms with E-state index in [0.29, 0.717) is 16.8 Å². The first-order chi connectivity index (χ1) is 7.16. The molecule has 0 heterocycles. The number of fused-ring (bicyclic) bond motifs is 1. The van der Waals surface area contributed by atoms with Crippen LogP contribution in [0.2, 0.25) is 0 Å². The monoisotopic (exact) mass is 202 g/mol. The van der Waals surface area contributed by atoms with E-state index < -0.39 is 5.92 Å². The number of nitrogens with two attached hydrogens (primary N) is 1. The zero-order valence-electron chi connectivity index (χ0n) is 8.23. The molecule has 2 N–H and O–H groups in total. The fraction of sp³-hybridized carbons (Fsp3) is 0.182. The van der Waals surface area contributed by atoms with Crippen LogP contribution in [0.15, 0.2) is 29.4 Å². The van der Waals surface area contributed by atoms with Gasteiger partial charge in [0.1, 0.15) is 11.7 Å². The molecular formula is C11H10N2O2. The molecule has 1 aliphatic rings. The van der Waals surface area contributed by atoms with Gasteiger partial charge in [0.25, 0.3) is 0 Å². The lowest BCUT2D eigenvalue weighted by Gasteiger charge is -2.03. The molecule has 1 aliphatic carbocycles. The fourth-order valence-electron chi connectivity index (χ4n) is 1.88. The molecule has 0 saturated carbocycles. The van der Waals surface area contributed by atoms with Gasteiger partial charge in [-0.3, -0.25) is 9.59 Å². The van der Waals surface area contributed by atoms with Crippen molar-refractivity contribution in [3.63, 3.8) is 0 Å². The van der Waals surface area contributed by atoms with E-state index in [2.05, 4.69) is 5.10 Å². The SMILES string of the molecule is CC(=O)[C@@H]1C(=O)c2ccccc2/C1=N\N. The van der Waals surface area contributed by atoms with Crippen LogP contribution in [0.1, 0.15) is 22.8 Å². The zero-order valence-corrected chi connectivity index (χ0v) is 8.23. The van der Waals surface area contributed by atoms with Gasteiger partial charge in [0.15, 0.2) is 5.78 Å². The Bertz CT molecular complexity index is 477. The van der Waals surface area contributed by atoms with Gasteiger partial charge in [-0.1, -0.05) is 24.3 Å². The summed E-state index contributed by atoms with van der Waals surface area (Å²) < 4.78 is 0. The summed E-state index contributed by atoms with van der Waals surface area (Å²) in [5.41, 5.74) is 1.58. The lowest BCUT2D eigenvalue weighted by molar-refractivity contribution is -0.117. The summed E-state index contributed by atoms with van der Waals surface area (Å²) in [6.45, 7) is 1.37. The van der Waals surface area contributed by atoms with Crippen molar-refractivity contribution in [3.05, 3.63) is 35.4 Å². The quantitative estimate of drug-likeness (QED) is 0.415. The Kier molecular flexibility index (Phi) is 2.11. The first kappa shape index (κ1) is 9.58. The van der Waals surface area contributed by atoms with Gasteiger partial charge in [0.05, 0.1) is 5.71 Å². The van der Waals surface area contributed by atoms with Crippen molar-refractivity contribution >= 4 is 17.3 Å². The van der Waals surface area contributed by atoms with Crippen LogP contribution in [0.3, 0.4) is 0 Å². The van der Waals surface area contributed by atoms with Crippen LogP contribution in [-0.4, -0.2) is 17.3 Å². The maximum Gasteiger partial charge on any atom is 0.180 e. The highest BCUT2D eigenvalue weighted by Crippen LogP contribution is 2.27. The average molecular weight is 202 g/mol. The number of carbonyl (C=O) groups is 2. The summed E-state index contributed by atoms with van der Waals surface area (Å²) in [5.74, 6) is 3.98. The average Bonchev–Trinajstić information content (AvgIpc) is 2.52. The van der Waals surface area contributed by atoms with Crippen LogP contribution in [-0.2, 0) is 4.79 Å². The van der Waals surface area contributed by atoms with Crippen molar-refractivity contribution in [1.29, 1.82) is 0 Å². The predicted molar refractivity (Wildman–Crippen MR) is 55.7 cm³/mol. The minimum atomic E-state index is -0.813. The van der Waals surface area contributed by atoms with E-state index in [1.165, 1.54) is 6.92 Å². The highest BCUT2D eigenvalue weighted by atomic mass is 16.2. The van der Waals surface area contributed by atoms with Crippen LogP contribution in [0.4, 0.5) is 0 Å². The highest BCUT2D eigenvalue weighted by molar-refractivity contribution is 6.36. The number of hydrogen-bond acceptors (Lipinski definition) is 4. The van der Waals surface area contributed by atoms with Gasteiger partial charge in [0.2, 0.25) is 0 Å².